The molecule has 0 N–H and O–H groups in total. The minimum atomic E-state index is 0.486. The van der Waals surface area contributed by atoms with E-state index in [9.17, 15) is 0 Å². The van der Waals surface area contributed by atoms with Gasteiger partial charge in [-0.3, -0.25) is 0 Å². The van der Waals surface area contributed by atoms with E-state index in [-0.39, 0.29) is 0 Å². The van der Waals surface area contributed by atoms with Crippen molar-refractivity contribution in [2.75, 3.05) is 20.1 Å². The van der Waals surface area contributed by atoms with Gasteiger partial charge in [-0.05, 0) is 18.4 Å². The van der Waals surface area contributed by atoms with Gasteiger partial charge >= 0.3 is 0 Å². The molecule has 0 saturated heterocycles. The SMILES string of the molecule is CCBCC(C)(C)CN(C)CC(C)C. The second kappa shape index (κ2) is 6.50. The highest BCUT2D eigenvalue weighted by atomic mass is 15.1. The smallest absolute Gasteiger partial charge is 0.121 e. The van der Waals surface area contributed by atoms with E-state index in [1.54, 1.807) is 0 Å². The van der Waals surface area contributed by atoms with Gasteiger partial charge in [0.15, 0.2) is 0 Å². The summed E-state index contributed by atoms with van der Waals surface area (Å²) in [6.45, 7) is 14.1. The lowest BCUT2D eigenvalue weighted by Gasteiger charge is -2.31. The summed E-state index contributed by atoms with van der Waals surface area (Å²) in [6.07, 6.45) is 2.67. The lowest BCUT2D eigenvalue weighted by atomic mass is 9.62. The molecule has 0 aliphatic carbocycles. The third-order valence-electron chi connectivity index (χ3n) is 2.58. The van der Waals surface area contributed by atoms with Crippen LogP contribution in [-0.4, -0.2) is 32.3 Å². The molecule has 0 atom stereocenters. The molecule has 0 spiro atoms. The Morgan fingerprint density at radius 1 is 1.29 bits per heavy atom. The number of rotatable bonds is 7. The van der Waals surface area contributed by atoms with Crippen LogP contribution >= 0.6 is 0 Å². The Labute approximate surface area is 91.5 Å². The first-order valence-corrected chi connectivity index (χ1v) is 6.06. The third-order valence-corrected chi connectivity index (χ3v) is 2.58. The summed E-state index contributed by atoms with van der Waals surface area (Å²) in [5.41, 5.74) is 0.486. The first kappa shape index (κ1) is 14.0. The van der Waals surface area contributed by atoms with Gasteiger partial charge in [0.05, 0.1) is 0 Å². The lowest BCUT2D eigenvalue weighted by molar-refractivity contribution is 0.208. The first-order chi connectivity index (χ1) is 6.37. The van der Waals surface area contributed by atoms with Crippen LogP contribution in [0.5, 0.6) is 0 Å². The van der Waals surface area contributed by atoms with Gasteiger partial charge in [0.1, 0.15) is 7.28 Å². The Hall–Kier alpha value is 0.0249. The van der Waals surface area contributed by atoms with E-state index in [4.69, 9.17) is 0 Å². The number of hydrogen-bond acceptors (Lipinski definition) is 1. The largest absolute Gasteiger partial charge is 0.306 e. The summed E-state index contributed by atoms with van der Waals surface area (Å²) in [7, 11) is 3.61. The normalized spacial score (nSPS) is 12.6. The number of nitrogens with zero attached hydrogens (tertiary/aromatic N) is 1. The fourth-order valence-corrected chi connectivity index (χ4v) is 2.15. The molecule has 2 heteroatoms. The molecule has 0 bridgehead atoms. The molecule has 0 aromatic rings. The van der Waals surface area contributed by atoms with Crippen molar-refractivity contribution in [1.29, 1.82) is 0 Å². The first-order valence-electron chi connectivity index (χ1n) is 6.06. The molecule has 0 heterocycles. The topological polar surface area (TPSA) is 3.24 Å². The van der Waals surface area contributed by atoms with Crippen LogP contribution in [0.3, 0.4) is 0 Å². The van der Waals surface area contributed by atoms with E-state index in [2.05, 4.69) is 46.6 Å². The van der Waals surface area contributed by atoms with Gasteiger partial charge in [-0.1, -0.05) is 47.3 Å². The Balaban J connectivity index is 3.82. The molecule has 0 fully saturated rings. The van der Waals surface area contributed by atoms with E-state index in [0.717, 1.165) is 5.92 Å². The average Bonchev–Trinajstić information content (AvgIpc) is 1.98. The zero-order valence-electron chi connectivity index (χ0n) is 11.1. The van der Waals surface area contributed by atoms with Crippen LogP contribution in [-0.2, 0) is 0 Å². The van der Waals surface area contributed by atoms with Crippen molar-refractivity contribution < 1.29 is 0 Å². The van der Waals surface area contributed by atoms with Crippen molar-refractivity contribution in [3.63, 3.8) is 0 Å². The predicted octanol–water partition coefficient (Wildman–Crippen LogP) is 2.89. The lowest BCUT2D eigenvalue weighted by Crippen LogP contribution is -2.34. The van der Waals surface area contributed by atoms with Crippen molar-refractivity contribution in [2.45, 2.75) is 47.3 Å². The molecule has 84 valence electrons. The predicted molar refractivity (Wildman–Crippen MR) is 68.6 cm³/mol. The monoisotopic (exact) mass is 197 g/mol. The average molecular weight is 197 g/mol. The molecule has 0 unspecified atom stereocenters. The highest BCUT2D eigenvalue weighted by Crippen LogP contribution is 2.22. The molecular weight excluding hydrogens is 169 g/mol. The second-order valence-electron chi connectivity index (χ2n) is 5.86. The van der Waals surface area contributed by atoms with E-state index < -0.39 is 0 Å². The molecule has 1 nitrogen and oxygen atoms in total. The molecule has 0 saturated carbocycles. The minimum absolute atomic E-state index is 0.486. The maximum Gasteiger partial charge on any atom is 0.121 e. The van der Waals surface area contributed by atoms with E-state index in [1.165, 1.54) is 33.0 Å². The van der Waals surface area contributed by atoms with Crippen LogP contribution < -0.4 is 0 Å². The third kappa shape index (κ3) is 7.43. The number of hydrogen-bond donors (Lipinski definition) is 0. The fraction of sp³-hybridized carbons (Fsp3) is 1.00. The van der Waals surface area contributed by atoms with E-state index >= 15 is 0 Å². The van der Waals surface area contributed by atoms with Gasteiger partial charge in [-0.15, -0.1) is 0 Å². The summed E-state index contributed by atoms with van der Waals surface area (Å²) in [4.78, 5) is 2.47. The Morgan fingerprint density at radius 3 is 2.29 bits per heavy atom. The van der Waals surface area contributed by atoms with E-state index in [0.29, 0.717) is 5.41 Å². The van der Waals surface area contributed by atoms with Gasteiger partial charge in [-0.2, -0.15) is 0 Å². The van der Waals surface area contributed by atoms with Crippen LogP contribution in [0.25, 0.3) is 0 Å². The maximum absolute atomic E-state index is 2.47. The van der Waals surface area contributed by atoms with Crippen LogP contribution in [0.2, 0.25) is 12.6 Å². The molecule has 0 amide bonds. The second-order valence-corrected chi connectivity index (χ2v) is 5.86. The Bertz CT molecular complexity index is 143. The van der Waals surface area contributed by atoms with Gasteiger partial charge in [0, 0.05) is 13.1 Å². The van der Waals surface area contributed by atoms with Crippen molar-refractivity contribution >= 4 is 7.28 Å². The van der Waals surface area contributed by atoms with Gasteiger partial charge in [0.2, 0.25) is 0 Å². The van der Waals surface area contributed by atoms with Crippen molar-refractivity contribution in [3.05, 3.63) is 0 Å². The van der Waals surface area contributed by atoms with Crippen molar-refractivity contribution in [1.82, 2.24) is 4.90 Å². The molecule has 14 heavy (non-hydrogen) atoms. The van der Waals surface area contributed by atoms with Crippen LogP contribution in [0.15, 0.2) is 0 Å². The van der Waals surface area contributed by atoms with Crippen molar-refractivity contribution in [3.8, 4) is 0 Å². The quantitative estimate of drug-likeness (QED) is 0.567. The summed E-state index contributed by atoms with van der Waals surface area (Å²) in [6, 6.07) is 0. The standard InChI is InChI=1S/C12H28BN/c1-7-13-9-12(4,5)10-14(6)8-11(2)3/h11,13H,7-10H2,1-6H3. The highest BCUT2D eigenvalue weighted by molar-refractivity contribution is 6.35. The molecule has 0 aliphatic rings. The molecule has 0 rings (SSSR count). The fourth-order valence-electron chi connectivity index (χ4n) is 2.15. The summed E-state index contributed by atoms with van der Waals surface area (Å²) in [5, 5.41) is 0. The summed E-state index contributed by atoms with van der Waals surface area (Å²) >= 11 is 0. The zero-order chi connectivity index (χ0) is 11.2. The van der Waals surface area contributed by atoms with Crippen molar-refractivity contribution in [2.24, 2.45) is 11.3 Å². The summed E-state index contributed by atoms with van der Waals surface area (Å²) in [5.74, 6) is 0.780. The molecule has 0 radical (unpaired) electrons. The van der Waals surface area contributed by atoms with Gasteiger partial charge in [-0.25, -0.2) is 0 Å². The van der Waals surface area contributed by atoms with Crippen LogP contribution in [0, 0.1) is 11.3 Å². The van der Waals surface area contributed by atoms with Gasteiger partial charge in [0.25, 0.3) is 0 Å². The molecule has 0 aromatic heterocycles. The minimum Gasteiger partial charge on any atom is -0.306 e. The van der Waals surface area contributed by atoms with E-state index in [1.807, 2.05) is 0 Å². The molecule has 0 aromatic carbocycles. The van der Waals surface area contributed by atoms with Crippen LogP contribution in [0.1, 0.15) is 34.6 Å². The van der Waals surface area contributed by atoms with Crippen LogP contribution in [0.4, 0.5) is 0 Å². The zero-order valence-corrected chi connectivity index (χ0v) is 11.1. The van der Waals surface area contributed by atoms with Gasteiger partial charge < -0.3 is 4.90 Å². The summed E-state index contributed by atoms with van der Waals surface area (Å²) < 4.78 is 0. The highest BCUT2D eigenvalue weighted by Gasteiger charge is 2.19. The Morgan fingerprint density at radius 2 is 1.86 bits per heavy atom. The Kier molecular flexibility index (Phi) is 6.51. The maximum atomic E-state index is 2.47. The molecule has 0 aliphatic heterocycles. The molecular formula is C12H28BN.